The van der Waals surface area contributed by atoms with E-state index in [-0.39, 0.29) is 12.5 Å². The molecule has 2 heterocycles. The lowest BCUT2D eigenvalue weighted by Gasteiger charge is -2.33. The van der Waals surface area contributed by atoms with Crippen LogP contribution < -0.4 is 14.4 Å². The first-order valence-electron chi connectivity index (χ1n) is 10.6. The highest BCUT2D eigenvalue weighted by Crippen LogP contribution is 2.41. The van der Waals surface area contributed by atoms with Crippen LogP contribution in [0.2, 0.25) is 0 Å². The second-order valence-electron chi connectivity index (χ2n) is 8.01. The number of carbonyl (C=O) groups excluding carboxylic acids is 1. The van der Waals surface area contributed by atoms with Crippen LogP contribution in [0.25, 0.3) is 10.2 Å². The fourth-order valence-corrected chi connectivity index (χ4v) is 6.05. The summed E-state index contributed by atoms with van der Waals surface area (Å²) in [7, 11) is -0.193. The van der Waals surface area contributed by atoms with Crippen molar-refractivity contribution >= 4 is 42.6 Å². The molecule has 8 nitrogen and oxygen atoms in total. The summed E-state index contributed by atoms with van der Waals surface area (Å²) in [5, 5.41) is 0.526. The van der Waals surface area contributed by atoms with Gasteiger partial charge in [-0.15, -0.1) is 0 Å². The molecular formula is C23H27N3O5S2. The van der Waals surface area contributed by atoms with E-state index in [4.69, 9.17) is 14.5 Å². The summed E-state index contributed by atoms with van der Waals surface area (Å²) in [5.74, 6) is 0.682. The van der Waals surface area contributed by atoms with Gasteiger partial charge in [0.2, 0.25) is 15.9 Å². The van der Waals surface area contributed by atoms with E-state index in [1.807, 2.05) is 36.4 Å². The highest BCUT2D eigenvalue weighted by atomic mass is 32.2. The number of ether oxygens (including phenoxy) is 2. The maximum atomic E-state index is 13.8. The SMILES string of the molecule is COc1ccc(OC)c2sc(N(Cc3ccccc3)C(=O)C3CCCN(S(C)(=O)=O)C3)nc12. The Labute approximate surface area is 197 Å². The van der Waals surface area contributed by atoms with Crippen molar-refractivity contribution in [2.24, 2.45) is 5.92 Å². The van der Waals surface area contributed by atoms with Crippen LogP contribution in [0.15, 0.2) is 42.5 Å². The molecule has 1 atom stereocenters. The van der Waals surface area contributed by atoms with Gasteiger partial charge in [-0.25, -0.2) is 17.7 Å². The molecule has 0 aliphatic carbocycles. The van der Waals surface area contributed by atoms with Crippen molar-refractivity contribution in [3.05, 3.63) is 48.0 Å². The number of nitrogens with zero attached hydrogens (tertiary/aromatic N) is 3. The number of aromatic nitrogens is 1. The smallest absolute Gasteiger partial charge is 0.233 e. The number of benzene rings is 2. The molecule has 3 aromatic rings. The highest BCUT2D eigenvalue weighted by Gasteiger charge is 2.34. The van der Waals surface area contributed by atoms with Crippen LogP contribution in [-0.2, 0) is 21.4 Å². The predicted molar refractivity (Wildman–Crippen MR) is 129 cm³/mol. The van der Waals surface area contributed by atoms with E-state index in [1.54, 1.807) is 25.2 Å². The van der Waals surface area contributed by atoms with Crippen molar-refractivity contribution in [1.29, 1.82) is 0 Å². The van der Waals surface area contributed by atoms with Crippen molar-refractivity contribution < 1.29 is 22.7 Å². The average molecular weight is 490 g/mol. The Balaban J connectivity index is 1.75. The third kappa shape index (κ3) is 4.97. The maximum Gasteiger partial charge on any atom is 0.233 e. The van der Waals surface area contributed by atoms with E-state index in [1.165, 1.54) is 21.9 Å². The van der Waals surface area contributed by atoms with Crippen LogP contribution in [0.3, 0.4) is 0 Å². The zero-order chi connectivity index (χ0) is 23.6. The summed E-state index contributed by atoms with van der Waals surface area (Å²) in [6, 6.07) is 13.3. The largest absolute Gasteiger partial charge is 0.495 e. The van der Waals surface area contributed by atoms with Crippen LogP contribution in [-0.4, -0.2) is 57.2 Å². The van der Waals surface area contributed by atoms with Gasteiger partial charge in [-0.05, 0) is 30.5 Å². The molecule has 1 saturated heterocycles. The molecule has 2 aromatic carbocycles. The van der Waals surface area contributed by atoms with Crippen molar-refractivity contribution in [1.82, 2.24) is 9.29 Å². The molecule has 0 radical (unpaired) electrons. The number of carbonyl (C=O) groups is 1. The average Bonchev–Trinajstić information content (AvgIpc) is 3.27. The lowest BCUT2D eigenvalue weighted by Crippen LogP contribution is -2.46. The van der Waals surface area contributed by atoms with Gasteiger partial charge in [-0.3, -0.25) is 9.69 Å². The molecule has 0 spiro atoms. The van der Waals surface area contributed by atoms with Gasteiger partial charge in [0.05, 0.1) is 32.9 Å². The number of sulfonamides is 1. The van der Waals surface area contributed by atoms with Gasteiger partial charge in [-0.2, -0.15) is 0 Å². The maximum absolute atomic E-state index is 13.8. The second-order valence-corrected chi connectivity index (χ2v) is 11.0. The molecule has 0 saturated carbocycles. The summed E-state index contributed by atoms with van der Waals surface area (Å²) < 4.78 is 37.4. The van der Waals surface area contributed by atoms with E-state index in [9.17, 15) is 13.2 Å². The minimum Gasteiger partial charge on any atom is -0.495 e. The summed E-state index contributed by atoms with van der Waals surface area (Å²) >= 11 is 1.36. The number of anilines is 1. The van der Waals surface area contributed by atoms with E-state index in [0.717, 1.165) is 10.3 Å². The third-order valence-corrected chi connectivity index (χ3v) is 8.14. The molecule has 1 aliphatic heterocycles. The van der Waals surface area contributed by atoms with Crippen LogP contribution in [0.1, 0.15) is 18.4 Å². The van der Waals surface area contributed by atoms with Gasteiger partial charge in [0, 0.05) is 13.1 Å². The molecule has 176 valence electrons. The number of fused-ring (bicyclic) bond motifs is 1. The Hall–Kier alpha value is -2.69. The molecule has 1 unspecified atom stereocenters. The molecule has 1 aromatic heterocycles. The fourth-order valence-electron chi connectivity index (χ4n) is 4.06. The lowest BCUT2D eigenvalue weighted by atomic mass is 9.98. The Morgan fingerprint density at radius 1 is 1.15 bits per heavy atom. The number of rotatable bonds is 7. The van der Waals surface area contributed by atoms with Crippen LogP contribution in [0.4, 0.5) is 5.13 Å². The Morgan fingerprint density at radius 2 is 1.85 bits per heavy atom. The first-order valence-corrected chi connectivity index (χ1v) is 13.3. The first-order chi connectivity index (χ1) is 15.8. The lowest BCUT2D eigenvalue weighted by molar-refractivity contribution is -0.123. The molecule has 0 N–H and O–H groups in total. The monoisotopic (exact) mass is 489 g/mol. The zero-order valence-electron chi connectivity index (χ0n) is 18.9. The third-order valence-electron chi connectivity index (χ3n) is 5.78. The molecule has 4 rings (SSSR count). The van der Waals surface area contributed by atoms with E-state index >= 15 is 0 Å². The molecule has 10 heteroatoms. The van der Waals surface area contributed by atoms with Gasteiger partial charge in [0.25, 0.3) is 0 Å². The first kappa shape index (κ1) is 23.5. The number of hydrogen-bond donors (Lipinski definition) is 0. The van der Waals surface area contributed by atoms with Crippen molar-refractivity contribution in [2.75, 3.05) is 38.5 Å². The molecular weight excluding hydrogens is 462 g/mol. The standard InChI is InChI=1S/C23H27N3O5S2/c1-30-18-11-12-19(31-2)21-20(18)24-23(32-21)26(14-16-8-5-4-6-9-16)22(27)17-10-7-13-25(15-17)33(3,28)29/h4-6,8-9,11-12,17H,7,10,13-15H2,1-3H3. The molecule has 1 amide bonds. The van der Waals surface area contributed by atoms with Gasteiger partial charge in [-0.1, -0.05) is 41.7 Å². The summed E-state index contributed by atoms with van der Waals surface area (Å²) in [4.78, 5) is 20.2. The summed E-state index contributed by atoms with van der Waals surface area (Å²) in [6.07, 6.45) is 2.46. The Bertz CT molecular complexity index is 1200. The quantitative estimate of drug-likeness (QED) is 0.505. The van der Waals surface area contributed by atoms with Crippen molar-refractivity contribution in [3.8, 4) is 11.5 Å². The number of piperidine rings is 1. The van der Waals surface area contributed by atoms with Gasteiger partial charge in [0.1, 0.15) is 21.7 Å². The van der Waals surface area contributed by atoms with Gasteiger partial charge >= 0.3 is 0 Å². The van der Waals surface area contributed by atoms with Crippen molar-refractivity contribution in [2.45, 2.75) is 19.4 Å². The van der Waals surface area contributed by atoms with E-state index in [0.29, 0.717) is 48.1 Å². The summed E-state index contributed by atoms with van der Waals surface area (Å²) in [5.41, 5.74) is 1.59. The van der Waals surface area contributed by atoms with Crippen molar-refractivity contribution in [3.63, 3.8) is 0 Å². The van der Waals surface area contributed by atoms with Crippen LogP contribution >= 0.6 is 11.3 Å². The number of methoxy groups -OCH3 is 2. The predicted octanol–water partition coefficient (Wildman–Crippen LogP) is 3.52. The normalized spacial score (nSPS) is 17.1. The molecule has 33 heavy (non-hydrogen) atoms. The number of amides is 1. The molecule has 0 bridgehead atoms. The number of hydrogen-bond acceptors (Lipinski definition) is 7. The van der Waals surface area contributed by atoms with Crippen LogP contribution in [0, 0.1) is 5.92 Å². The topological polar surface area (TPSA) is 89.0 Å². The van der Waals surface area contributed by atoms with E-state index in [2.05, 4.69) is 0 Å². The Kier molecular flexibility index (Phi) is 6.87. The minimum absolute atomic E-state index is 0.135. The van der Waals surface area contributed by atoms with Gasteiger partial charge < -0.3 is 9.47 Å². The Morgan fingerprint density at radius 3 is 2.52 bits per heavy atom. The zero-order valence-corrected chi connectivity index (χ0v) is 20.5. The van der Waals surface area contributed by atoms with Gasteiger partial charge in [0.15, 0.2) is 5.13 Å². The summed E-state index contributed by atoms with van der Waals surface area (Å²) in [6.45, 7) is 0.955. The van der Waals surface area contributed by atoms with E-state index < -0.39 is 15.9 Å². The minimum atomic E-state index is -3.36. The second kappa shape index (κ2) is 9.66. The van der Waals surface area contributed by atoms with Crippen LogP contribution in [0.5, 0.6) is 11.5 Å². The molecule has 1 fully saturated rings. The highest BCUT2D eigenvalue weighted by molar-refractivity contribution is 7.88. The molecule has 1 aliphatic rings. The number of thiazole rings is 1. The fraction of sp³-hybridized carbons (Fsp3) is 0.391.